The van der Waals surface area contributed by atoms with Gasteiger partial charge in [0.05, 0.1) is 28.3 Å². The molecule has 22 heavy (non-hydrogen) atoms. The topological polar surface area (TPSA) is 99.2 Å². The Morgan fingerprint density at radius 1 is 1.32 bits per heavy atom. The number of nitro groups is 1. The van der Waals surface area contributed by atoms with Gasteiger partial charge in [-0.15, -0.1) is 0 Å². The quantitative estimate of drug-likeness (QED) is 0.669. The summed E-state index contributed by atoms with van der Waals surface area (Å²) >= 11 is 0. The molecule has 2 aromatic carbocycles. The zero-order valence-corrected chi connectivity index (χ0v) is 11.6. The highest BCUT2D eigenvalue weighted by molar-refractivity contribution is 5.63. The third-order valence-corrected chi connectivity index (χ3v) is 3.85. The molecule has 0 aromatic heterocycles. The summed E-state index contributed by atoms with van der Waals surface area (Å²) in [5, 5.41) is 33.3. The molecule has 0 unspecified atom stereocenters. The van der Waals surface area contributed by atoms with E-state index in [0.717, 1.165) is 11.1 Å². The van der Waals surface area contributed by atoms with Gasteiger partial charge in [-0.05, 0) is 17.2 Å². The van der Waals surface area contributed by atoms with E-state index in [9.17, 15) is 20.5 Å². The summed E-state index contributed by atoms with van der Waals surface area (Å²) in [5.41, 5.74) is 2.58. The van der Waals surface area contributed by atoms with Gasteiger partial charge in [-0.25, -0.2) is 0 Å². The molecule has 0 spiro atoms. The van der Waals surface area contributed by atoms with Crippen LogP contribution in [0.15, 0.2) is 42.5 Å². The Hall–Kier alpha value is -2.91. The fourth-order valence-corrected chi connectivity index (χ4v) is 2.78. The number of hydrogen-bond acceptors (Lipinski definition) is 5. The number of aliphatic hydroxyl groups is 1. The summed E-state index contributed by atoms with van der Waals surface area (Å²) in [5.74, 6) is 0. The van der Waals surface area contributed by atoms with Gasteiger partial charge in [0, 0.05) is 18.6 Å². The van der Waals surface area contributed by atoms with Gasteiger partial charge >= 0.3 is 0 Å². The summed E-state index contributed by atoms with van der Waals surface area (Å²) in [6.07, 6.45) is -0.0537. The number of nitrogens with zero attached hydrogens (tertiary/aromatic N) is 2. The van der Waals surface area contributed by atoms with Gasteiger partial charge in [0.25, 0.3) is 5.69 Å². The average molecular weight is 295 g/mol. The van der Waals surface area contributed by atoms with Crippen LogP contribution < -0.4 is 5.32 Å². The number of fused-ring (bicyclic) bond motifs is 1. The van der Waals surface area contributed by atoms with Gasteiger partial charge in [0.1, 0.15) is 6.07 Å². The molecule has 1 aliphatic carbocycles. The van der Waals surface area contributed by atoms with Crippen LogP contribution in [0.25, 0.3) is 0 Å². The number of nitro benzene ring substituents is 1. The first kappa shape index (κ1) is 14.0. The first-order valence-electron chi connectivity index (χ1n) is 6.81. The van der Waals surface area contributed by atoms with Crippen molar-refractivity contribution >= 4 is 11.4 Å². The highest BCUT2D eigenvalue weighted by Gasteiger charge is 2.31. The molecule has 2 atom stereocenters. The van der Waals surface area contributed by atoms with Gasteiger partial charge in [0.15, 0.2) is 0 Å². The molecule has 0 saturated carbocycles. The minimum atomic E-state index is -0.598. The molecule has 6 heteroatoms. The third-order valence-electron chi connectivity index (χ3n) is 3.85. The predicted octanol–water partition coefficient (Wildman–Crippen LogP) is 2.54. The number of non-ortho nitro benzene ring substituents is 1. The van der Waals surface area contributed by atoms with Crippen molar-refractivity contribution in [3.8, 4) is 6.07 Å². The fourth-order valence-electron chi connectivity index (χ4n) is 2.78. The molecule has 0 radical (unpaired) electrons. The summed E-state index contributed by atoms with van der Waals surface area (Å²) in [6.45, 7) is 0. The molecule has 0 fully saturated rings. The second kappa shape index (κ2) is 5.47. The van der Waals surface area contributed by atoms with Crippen molar-refractivity contribution < 1.29 is 10.0 Å². The van der Waals surface area contributed by atoms with Crippen molar-refractivity contribution in [2.75, 3.05) is 5.32 Å². The van der Waals surface area contributed by atoms with Crippen LogP contribution in [-0.4, -0.2) is 16.1 Å². The van der Waals surface area contributed by atoms with E-state index >= 15 is 0 Å². The molecule has 0 amide bonds. The van der Waals surface area contributed by atoms with Crippen LogP contribution >= 0.6 is 0 Å². The molecule has 110 valence electrons. The Bertz CT molecular complexity index is 782. The first-order chi connectivity index (χ1) is 10.6. The van der Waals surface area contributed by atoms with E-state index in [1.807, 2.05) is 30.3 Å². The van der Waals surface area contributed by atoms with Crippen molar-refractivity contribution in [1.29, 1.82) is 5.26 Å². The summed E-state index contributed by atoms with van der Waals surface area (Å²) in [7, 11) is 0. The summed E-state index contributed by atoms with van der Waals surface area (Å²) in [6, 6.07) is 13.4. The fraction of sp³-hybridized carbons (Fsp3) is 0.188. The zero-order chi connectivity index (χ0) is 15.7. The van der Waals surface area contributed by atoms with E-state index in [-0.39, 0.29) is 17.3 Å². The molecule has 2 aromatic rings. The molecule has 2 N–H and O–H groups in total. The maximum Gasteiger partial charge on any atom is 0.270 e. The van der Waals surface area contributed by atoms with Crippen molar-refractivity contribution in [2.45, 2.75) is 18.6 Å². The largest absolute Gasteiger partial charge is 0.390 e. The number of nitrogens with one attached hydrogen (secondary N) is 1. The molecule has 0 heterocycles. The minimum Gasteiger partial charge on any atom is -0.390 e. The number of anilines is 1. The zero-order valence-electron chi connectivity index (χ0n) is 11.6. The maximum atomic E-state index is 10.8. The van der Waals surface area contributed by atoms with Gasteiger partial charge in [-0.2, -0.15) is 5.26 Å². The van der Waals surface area contributed by atoms with Crippen LogP contribution in [0.3, 0.4) is 0 Å². The Kier molecular flexibility index (Phi) is 3.49. The lowest BCUT2D eigenvalue weighted by Gasteiger charge is -2.20. The number of nitriles is 1. The lowest BCUT2D eigenvalue weighted by Crippen LogP contribution is -2.21. The number of aliphatic hydroxyl groups excluding tert-OH is 1. The summed E-state index contributed by atoms with van der Waals surface area (Å²) < 4.78 is 0. The molecule has 0 bridgehead atoms. The number of hydrogen-bond donors (Lipinski definition) is 2. The monoisotopic (exact) mass is 295 g/mol. The van der Waals surface area contributed by atoms with Crippen LogP contribution in [0.5, 0.6) is 0 Å². The second-order valence-corrected chi connectivity index (χ2v) is 5.19. The molecule has 6 nitrogen and oxygen atoms in total. The molecule has 3 rings (SSSR count). The van der Waals surface area contributed by atoms with Crippen molar-refractivity contribution in [3.05, 3.63) is 69.3 Å². The van der Waals surface area contributed by atoms with E-state index in [1.165, 1.54) is 18.2 Å². The van der Waals surface area contributed by atoms with Crippen LogP contribution in [0, 0.1) is 21.4 Å². The van der Waals surface area contributed by atoms with E-state index in [4.69, 9.17) is 0 Å². The molecule has 1 aliphatic rings. The minimum absolute atomic E-state index is 0.130. The molecular formula is C16H13N3O3. The van der Waals surface area contributed by atoms with Gasteiger partial charge in [0.2, 0.25) is 0 Å². The number of benzene rings is 2. The molecular weight excluding hydrogens is 282 g/mol. The van der Waals surface area contributed by atoms with E-state index in [0.29, 0.717) is 12.1 Å². The van der Waals surface area contributed by atoms with E-state index in [2.05, 4.69) is 5.32 Å². The van der Waals surface area contributed by atoms with E-state index < -0.39 is 11.0 Å². The molecule has 0 saturated heterocycles. The van der Waals surface area contributed by atoms with Crippen LogP contribution in [0.2, 0.25) is 0 Å². The molecule has 0 aliphatic heterocycles. The summed E-state index contributed by atoms with van der Waals surface area (Å²) in [4.78, 5) is 10.2. The van der Waals surface area contributed by atoms with Crippen LogP contribution in [-0.2, 0) is 6.42 Å². The van der Waals surface area contributed by atoms with Crippen molar-refractivity contribution in [1.82, 2.24) is 0 Å². The highest BCUT2D eigenvalue weighted by atomic mass is 16.6. The van der Waals surface area contributed by atoms with Crippen LogP contribution in [0.4, 0.5) is 11.4 Å². The lowest BCUT2D eigenvalue weighted by atomic mass is 10.1. The van der Waals surface area contributed by atoms with Crippen molar-refractivity contribution in [3.63, 3.8) is 0 Å². The lowest BCUT2D eigenvalue weighted by molar-refractivity contribution is -0.384. The number of rotatable bonds is 3. The second-order valence-electron chi connectivity index (χ2n) is 5.19. The Labute approximate surface area is 126 Å². The van der Waals surface area contributed by atoms with Crippen LogP contribution in [0.1, 0.15) is 22.7 Å². The normalized spacial score (nSPS) is 19.3. The smallest absolute Gasteiger partial charge is 0.270 e. The van der Waals surface area contributed by atoms with E-state index in [1.54, 1.807) is 0 Å². The van der Waals surface area contributed by atoms with Gasteiger partial charge < -0.3 is 10.4 Å². The first-order valence-corrected chi connectivity index (χ1v) is 6.81. The Morgan fingerprint density at radius 3 is 2.82 bits per heavy atom. The van der Waals surface area contributed by atoms with Gasteiger partial charge in [-0.3, -0.25) is 10.1 Å². The Balaban J connectivity index is 1.94. The third kappa shape index (κ3) is 2.38. The highest BCUT2D eigenvalue weighted by Crippen LogP contribution is 2.35. The SMILES string of the molecule is N#Cc1cc([N+](=O)[O-])ccc1N[C@@H]1c2ccccc2C[C@@H]1O. The van der Waals surface area contributed by atoms with Gasteiger partial charge in [-0.1, -0.05) is 24.3 Å². The van der Waals surface area contributed by atoms with Crippen molar-refractivity contribution in [2.24, 2.45) is 0 Å². The average Bonchev–Trinajstić information content (AvgIpc) is 2.83. The Morgan fingerprint density at radius 2 is 2.09 bits per heavy atom. The standard InChI is InChI=1S/C16H13N3O3/c17-9-11-7-12(19(21)22)5-6-14(11)18-16-13-4-2-1-3-10(13)8-15(16)20/h1-7,15-16,18,20H,8H2/t15-,16+/m0/s1. The predicted molar refractivity (Wildman–Crippen MR) is 80.3 cm³/mol. The maximum absolute atomic E-state index is 10.8.